The molecule has 2 nitrogen and oxygen atoms in total. The molecule has 1 aromatic rings. The molecule has 0 aliphatic rings. The molecule has 1 rings (SSSR count). The molecule has 0 aromatic heterocycles. The van der Waals surface area contributed by atoms with Crippen molar-refractivity contribution in [2.45, 2.75) is 26.3 Å². The van der Waals surface area contributed by atoms with Gasteiger partial charge < -0.3 is 5.32 Å². The Morgan fingerprint density at radius 2 is 2.06 bits per heavy atom. The number of nitrogens with one attached hydrogen (secondary N) is 1. The van der Waals surface area contributed by atoms with Crippen molar-refractivity contribution in [2.75, 3.05) is 18.6 Å². The average Bonchev–Trinajstić information content (AvgIpc) is 2.27. The Kier molecular flexibility index (Phi) is 5.71. The van der Waals surface area contributed by atoms with E-state index in [4.69, 9.17) is 0 Å². The highest BCUT2D eigenvalue weighted by molar-refractivity contribution is 7.85. The fourth-order valence-corrected chi connectivity index (χ4v) is 3.14. The number of hydrogen-bond acceptors (Lipinski definition) is 2. The lowest BCUT2D eigenvalue weighted by Crippen LogP contribution is -2.24. The van der Waals surface area contributed by atoms with Crippen LogP contribution in [0.1, 0.15) is 30.5 Å². The Balaban J connectivity index is 2.75. The standard InChI is InChI=1S/C13H21NOS/c1-4-9-16(15)10-13(14-3)12-8-6-5-7-11(12)2/h5-8,13-14H,4,9-10H2,1-3H3. The van der Waals surface area contributed by atoms with Crippen molar-refractivity contribution in [1.82, 2.24) is 5.32 Å². The van der Waals surface area contributed by atoms with Crippen LogP contribution in [0.5, 0.6) is 0 Å². The first-order valence-electron chi connectivity index (χ1n) is 5.76. The maximum atomic E-state index is 11.8. The van der Waals surface area contributed by atoms with Gasteiger partial charge in [0.2, 0.25) is 0 Å². The molecule has 1 aromatic carbocycles. The predicted octanol–water partition coefficient (Wildman–Crippen LogP) is 2.41. The van der Waals surface area contributed by atoms with Crippen LogP contribution in [-0.2, 0) is 10.8 Å². The zero-order valence-electron chi connectivity index (χ0n) is 10.3. The molecule has 1 N–H and O–H groups in total. The molecule has 2 unspecified atom stereocenters. The topological polar surface area (TPSA) is 29.1 Å². The Hall–Kier alpha value is -0.670. The molecule has 2 atom stereocenters. The van der Waals surface area contributed by atoms with Crippen LogP contribution in [0.25, 0.3) is 0 Å². The normalized spacial score (nSPS) is 14.7. The molecule has 0 radical (unpaired) electrons. The summed E-state index contributed by atoms with van der Waals surface area (Å²) in [6.45, 7) is 4.17. The van der Waals surface area contributed by atoms with Crippen molar-refractivity contribution in [3.8, 4) is 0 Å². The van der Waals surface area contributed by atoms with Gasteiger partial charge in [-0.3, -0.25) is 4.21 Å². The lowest BCUT2D eigenvalue weighted by Gasteiger charge is -2.18. The quantitative estimate of drug-likeness (QED) is 0.826. The molecule has 0 aliphatic heterocycles. The van der Waals surface area contributed by atoms with Crippen LogP contribution in [0.2, 0.25) is 0 Å². The molecule has 0 saturated carbocycles. The van der Waals surface area contributed by atoms with Crippen LogP contribution in [0.15, 0.2) is 24.3 Å². The second-order valence-electron chi connectivity index (χ2n) is 4.01. The Morgan fingerprint density at radius 1 is 1.38 bits per heavy atom. The highest BCUT2D eigenvalue weighted by Crippen LogP contribution is 2.18. The van der Waals surface area contributed by atoms with Gasteiger partial charge in [0, 0.05) is 28.3 Å². The lowest BCUT2D eigenvalue weighted by atomic mass is 10.0. The SMILES string of the molecule is CCCS(=O)CC(NC)c1ccccc1C. The van der Waals surface area contributed by atoms with Gasteiger partial charge in [-0.1, -0.05) is 31.2 Å². The lowest BCUT2D eigenvalue weighted by molar-refractivity contribution is 0.632. The fraction of sp³-hybridized carbons (Fsp3) is 0.538. The molecule has 0 saturated heterocycles. The molecular weight excluding hydrogens is 218 g/mol. The summed E-state index contributed by atoms with van der Waals surface area (Å²) in [6.07, 6.45) is 0.983. The van der Waals surface area contributed by atoms with E-state index in [-0.39, 0.29) is 6.04 Å². The molecule has 3 heteroatoms. The smallest absolute Gasteiger partial charge is 0.0437 e. The van der Waals surface area contributed by atoms with E-state index < -0.39 is 10.8 Å². The first kappa shape index (κ1) is 13.4. The molecule has 0 heterocycles. The molecule has 0 spiro atoms. The van der Waals surface area contributed by atoms with Crippen LogP contribution in [-0.4, -0.2) is 22.8 Å². The zero-order valence-corrected chi connectivity index (χ0v) is 11.1. The van der Waals surface area contributed by atoms with Crippen LogP contribution in [0, 0.1) is 6.92 Å². The Bertz CT molecular complexity index is 352. The summed E-state index contributed by atoms with van der Waals surface area (Å²) in [5.41, 5.74) is 2.52. The van der Waals surface area contributed by atoms with Gasteiger partial charge in [-0.2, -0.15) is 0 Å². The molecule has 0 amide bonds. The van der Waals surface area contributed by atoms with Crippen molar-refractivity contribution < 1.29 is 4.21 Å². The number of benzene rings is 1. The summed E-state index contributed by atoms with van der Waals surface area (Å²) in [5, 5.41) is 3.26. The highest BCUT2D eigenvalue weighted by atomic mass is 32.2. The molecular formula is C13H21NOS. The van der Waals surface area contributed by atoms with Crippen molar-refractivity contribution in [1.29, 1.82) is 0 Å². The molecule has 0 fully saturated rings. The van der Waals surface area contributed by atoms with Crippen LogP contribution in [0.3, 0.4) is 0 Å². The van der Waals surface area contributed by atoms with Crippen molar-refractivity contribution in [3.63, 3.8) is 0 Å². The summed E-state index contributed by atoms with van der Waals surface area (Å²) >= 11 is 0. The van der Waals surface area contributed by atoms with Crippen molar-refractivity contribution in [2.24, 2.45) is 0 Å². The summed E-state index contributed by atoms with van der Waals surface area (Å²) in [5.74, 6) is 1.50. The van der Waals surface area contributed by atoms with Gasteiger partial charge >= 0.3 is 0 Å². The number of rotatable bonds is 6. The van der Waals surface area contributed by atoms with E-state index in [2.05, 4.69) is 31.3 Å². The third kappa shape index (κ3) is 3.72. The van der Waals surface area contributed by atoms with E-state index in [1.165, 1.54) is 11.1 Å². The third-order valence-corrected chi connectivity index (χ3v) is 4.27. The highest BCUT2D eigenvalue weighted by Gasteiger charge is 2.14. The fourth-order valence-electron chi connectivity index (χ4n) is 1.80. The molecule has 16 heavy (non-hydrogen) atoms. The monoisotopic (exact) mass is 239 g/mol. The van der Waals surface area contributed by atoms with Crippen molar-refractivity contribution >= 4 is 10.8 Å². The van der Waals surface area contributed by atoms with Crippen LogP contribution < -0.4 is 5.32 Å². The van der Waals surface area contributed by atoms with Gasteiger partial charge in [0.1, 0.15) is 0 Å². The summed E-state index contributed by atoms with van der Waals surface area (Å²) in [7, 11) is 1.21. The minimum Gasteiger partial charge on any atom is -0.312 e. The van der Waals surface area contributed by atoms with E-state index in [0.29, 0.717) is 5.75 Å². The minimum atomic E-state index is -0.721. The Labute approximate surface area is 101 Å². The van der Waals surface area contributed by atoms with E-state index in [1.54, 1.807) is 0 Å². The molecule has 90 valence electrons. The zero-order chi connectivity index (χ0) is 12.0. The maximum Gasteiger partial charge on any atom is 0.0437 e. The van der Waals surface area contributed by atoms with Gasteiger partial charge in [0.25, 0.3) is 0 Å². The van der Waals surface area contributed by atoms with Gasteiger partial charge in [-0.05, 0) is 31.5 Å². The largest absolute Gasteiger partial charge is 0.312 e. The van der Waals surface area contributed by atoms with E-state index >= 15 is 0 Å². The molecule has 0 aliphatic carbocycles. The summed E-state index contributed by atoms with van der Waals surface area (Å²) in [4.78, 5) is 0. The van der Waals surface area contributed by atoms with Crippen LogP contribution >= 0.6 is 0 Å². The first-order valence-corrected chi connectivity index (χ1v) is 7.25. The maximum absolute atomic E-state index is 11.8. The molecule has 0 bridgehead atoms. The van der Waals surface area contributed by atoms with Crippen LogP contribution in [0.4, 0.5) is 0 Å². The third-order valence-electron chi connectivity index (χ3n) is 2.70. The van der Waals surface area contributed by atoms with Gasteiger partial charge in [-0.15, -0.1) is 0 Å². The number of aryl methyl sites for hydroxylation is 1. The minimum absolute atomic E-state index is 0.202. The van der Waals surface area contributed by atoms with E-state index in [1.807, 2.05) is 19.2 Å². The number of hydrogen-bond donors (Lipinski definition) is 1. The van der Waals surface area contributed by atoms with E-state index in [9.17, 15) is 4.21 Å². The average molecular weight is 239 g/mol. The second-order valence-corrected chi connectivity index (χ2v) is 5.63. The summed E-state index contributed by atoms with van der Waals surface area (Å²) < 4.78 is 11.8. The van der Waals surface area contributed by atoms with Gasteiger partial charge in [0.05, 0.1) is 0 Å². The second kappa shape index (κ2) is 6.81. The van der Waals surface area contributed by atoms with E-state index in [0.717, 1.165) is 12.2 Å². The first-order chi connectivity index (χ1) is 7.69. The van der Waals surface area contributed by atoms with Crippen molar-refractivity contribution in [3.05, 3.63) is 35.4 Å². The summed E-state index contributed by atoms with van der Waals surface area (Å²) in [6, 6.07) is 8.49. The Morgan fingerprint density at radius 3 is 2.62 bits per heavy atom. The van der Waals surface area contributed by atoms with Gasteiger partial charge in [0.15, 0.2) is 0 Å². The van der Waals surface area contributed by atoms with Gasteiger partial charge in [-0.25, -0.2) is 0 Å². The predicted molar refractivity (Wildman–Crippen MR) is 71.1 cm³/mol.